The number of carbonyl (C=O) groups is 3. The number of aryl methyl sites for hydroxylation is 1. The Hall–Kier alpha value is -3.76. The second-order valence-electron chi connectivity index (χ2n) is 8.76. The van der Waals surface area contributed by atoms with Crippen molar-refractivity contribution in [3.63, 3.8) is 0 Å². The Bertz CT molecular complexity index is 1010. The van der Waals surface area contributed by atoms with Crippen LogP contribution in [0.3, 0.4) is 0 Å². The van der Waals surface area contributed by atoms with Crippen molar-refractivity contribution in [1.82, 2.24) is 10.6 Å². The van der Waals surface area contributed by atoms with Gasteiger partial charge in [-0.15, -0.1) is 12.2 Å². The second kappa shape index (κ2) is 16.2. The number of nitrogens with zero attached hydrogens (tertiary/aromatic N) is 1. The lowest BCUT2D eigenvalue weighted by molar-refractivity contribution is -0.344. The zero-order chi connectivity index (χ0) is 28.7. The van der Waals surface area contributed by atoms with E-state index in [1.54, 1.807) is 7.11 Å². The number of rotatable bonds is 12. The summed E-state index contributed by atoms with van der Waals surface area (Å²) < 4.78 is 36.7. The van der Waals surface area contributed by atoms with Gasteiger partial charge in [0.05, 0.1) is 7.11 Å². The summed E-state index contributed by atoms with van der Waals surface area (Å²) in [5, 5.41) is 19.0. The molecule has 38 heavy (non-hydrogen) atoms. The molecule has 0 saturated heterocycles. The van der Waals surface area contributed by atoms with E-state index in [0.717, 1.165) is 24.3 Å². The number of carboxylic acids is 1. The summed E-state index contributed by atoms with van der Waals surface area (Å²) >= 11 is 0. The second-order valence-corrected chi connectivity index (χ2v) is 8.76. The van der Waals surface area contributed by atoms with Crippen LogP contribution in [0.15, 0.2) is 48.5 Å². The zero-order valence-electron chi connectivity index (χ0n) is 21.9. The van der Waals surface area contributed by atoms with Crippen molar-refractivity contribution < 1.29 is 37.4 Å². The molecule has 1 atom stereocenters. The predicted octanol–water partition coefficient (Wildman–Crippen LogP) is 3.91. The number of carboxylic acid groups (broad SMARTS) is 1. The van der Waals surface area contributed by atoms with Gasteiger partial charge in [0.2, 0.25) is 5.91 Å². The van der Waals surface area contributed by atoms with Gasteiger partial charge in [0.25, 0.3) is 5.91 Å². The van der Waals surface area contributed by atoms with Crippen molar-refractivity contribution in [3.8, 4) is 5.75 Å². The minimum atomic E-state index is -5.19. The summed E-state index contributed by atoms with van der Waals surface area (Å²) in [6.45, 7) is 7.05. The van der Waals surface area contributed by atoms with E-state index in [1.165, 1.54) is 5.56 Å². The average molecular weight is 538 g/mol. The van der Waals surface area contributed by atoms with Gasteiger partial charge >= 0.3 is 6.18 Å². The molecular weight excluding hydrogens is 503 g/mol. The number of halogens is 3. The van der Waals surface area contributed by atoms with Crippen molar-refractivity contribution in [2.24, 2.45) is 5.92 Å². The highest BCUT2D eigenvalue weighted by molar-refractivity contribution is 5.97. The standard InChI is InChI=1S/C25H34N3O3.C2HF3O2/c1-5-6-19-7-9-20(10-8-19)24(29)28-23(17-18(2)3)25(30)27-16-15-26-21-11-13-22(31-4)14-12-21;3-2(4,5)1(6)7/h7-14,18,23H,5-6,15-17H2,1-4H3,(H,27,30)(H,28,29);(H,6,7)/q-1;/p-1/t23-;/m0./s1. The summed E-state index contributed by atoms with van der Waals surface area (Å²) in [6, 6.07) is 14.4. The van der Waals surface area contributed by atoms with Gasteiger partial charge in [0.1, 0.15) is 17.8 Å². The molecule has 0 aliphatic heterocycles. The fourth-order valence-electron chi connectivity index (χ4n) is 3.23. The van der Waals surface area contributed by atoms with Crippen molar-refractivity contribution in [2.75, 3.05) is 20.2 Å². The number of methoxy groups -OCH3 is 1. The number of carbonyl (C=O) groups excluding carboxylic acids is 3. The lowest BCUT2D eigenvalue weighted by atomic mass is 10.0. The molecule has 0 aromatic heterocycles. The van der Waals surface area contributed by atoms with Gasteiger partial charge in [-0.1, -0.05) is 51.5 Å². The smallest absolute Gasteiger partial charge is 0.430 e. The van der Waals surface area contributed by atoms with Gasteiger partial charge in [-0.2, -0.15) is 13.2 Å². The molecule has 0 aliphatic carbocycles. The van der Waals surface area contributed by atoms with E-state index in [-0.39, 0.29) is 17.7 Å². The van der Waals surface area contributed by atoms with Crippen LogP contribution in [0.1, 0.15) is 49.5 Å². The molecule has 0 unspecified atom stereocenters. The van der Waals surface area contributed by atoms with Crippen LogP contribution in [0.5, 0.6) is 5.75 Å². The van der Waals surface area contributed by atoms with E-state index < -0.39 is 18.2 Å². The number of ether oxygens (including phenoxy) is 1. The molecule has 0 saturated carbocycles. The number of amides is 2. The first-order chi connectivity index (χ1) is 17.9. The minimum Gasteiger partial charge on any atom is -0.683 e. The highest BCUT2D eigenvalue weighted by Gasteiger charge is 2.28. The van der Waals surface area contributed by atoms with Crippen molar-refractivity contribution >= 4 is 23.5 Å². The Labute approximate surface area is 221 Å². The highest BCUT2D eigenvalue weighted by atomic mass is 19.4. The lowest BCUT2D eigenvalue weighted by Gasteiger charge is -2.24. The molecule has 0 fully saturated rings. The quantitative estimate of drug-likeness (QED) is 0.398. The van der Waals surface area contributed by atoms with Crippen molar-refractivity contribution in [3.05, 3.63) is 65.0 Å². The van der Waals surface area contributed by atoms with E-state index in [1.807, 2.05) is 62.4 Å². The Morgan fingerprint density at radius 3 is 2.08 bits per heavy atom. The highest BCUT2D eigenvalue weighted by Crippen LogP contribution is 2.21. The first-order valence-electron chi connectivity index (χ1n) is 12.1. The number of nitrogens with one attached hydrogen (secondary N) is 2. The molecule has 0 aliphatic rings. The third-order valence-electron chi connectivity index (χ3n) is 5.09. The lowest BCUT2D eigenvalue weighted by Crippen LogP contribution is -2.48. The van der Waals surface area contributed by atoms with Crippen molar-refractivity contribution in [1.29, 1.82) is 0 Å². The fraction of sp³-hybridized carbons (Fsp3) is 0.444. The minimum absolute atomic E-state index is 0.186. The van der Waals surface area contributed by atoms with Crippen molar-refractivity contribution in [2.45, 2.75) is 52.3 Å². The van der Waals surface area contributed by atoms with Crippen LogP contribution < -0.4 is 20.5 Å². The summed E-state index contributed by atoms with van der Waals surface area (Å²) in [5.41, 5.74) is 2.60. The molecule has 0 radical (unpaired) electrons. The summed E-state index contributed by atoms with van der Waals surface area (Å²) in [6.07, 6.45) is -2.57. The van der Waals surface area contributed by atoms with Crippen LogP contribution in [0.25, 0.3) is 5.32 Å². The summed E-state index contributed by atoms with van der Waals surface area (Å²) in [7, 11) is 1.62. The normalized spacial score (nSPS) is 11.6. The third-order valence-corrected chi connectivity index (χ3v) is 5.09. The van der Waals surface area contributed by atoms with Crippen LogP contribution in [0, 0.1) is 5.92 Å². The molecule has 0 spiro atoms. The molecule has 11 heteroatoms. The molecule has 210 valence electrons. The van der Waals surface area contributed by atoms with Crippen LogP contribution in [-0.4, -0.2) is 50.2 Å². The Balaban J connectivity index is 0.000000905. The van der Waals surface area contributed by atoms with E-state index in [4.69, 9.17) is 14.6 Å². The molecule has 0 bridgehead atoms. The third kappa shape index (κ3) is 12.5. The van der Waals surface area contributed by atoms with Gasteiger partial charge in [-0.05, 0) is 48.6 Å². The first-order valence-corrected chi connectivity index (χ1v) is 12.1. The Morgan fingerprint density at radius 1 is 1.03 bits per heavy atom. The number of alkyl halides is 3. The molecule has 0 heterocycles. The largest absolute Gasteiger partial charge is 0.683 e. The van der Waals surface area contributed by atoms with Crippen LogP contribution in [-0.2, 0) is 16.0 Å². The fourth-order valence-corrected chi connectivity index (χ4v) is 3.23. The van der Waals surface area contributed by atoms with Gasteiger partial charge in [-0.3, -0.25) is 9.59 Å². The molecule has 2 amide bonds. The topological polar surface area (TPSA) is 122 Å². The SMILES string of the molecule is CCCc1ccc(C(=O)N[C@@H](CC(C)C)C(=O)NCC[N-]c2ccc(OC)cc2)cc1.O=C([O-])C(F)(F)F. The van der Waals surface area contributed by atoms with Crippen LogP contribution in [0.2, 0.25) is 0 Å². The summed E-state index contributed by atoms with van der Waals surface area (Å²) in [5.74, 6) is -2.37. The van der Waals surface area contributed by atoms with Crippen LogP contribution >= 0.6 is 0 Å². The Morgan fingerprint density at radius 2 is 1.61 bits per heavy atom. The molecular formula is C27H34F3N3O5-2. The maximum atomic E-state index is 12.7. The number of benzene rings is 2. The van der Waals surface area contributed by atoms with E-state index in [2.05, 4.69) is 22.9 Å². The van der Waals surface area contributed by atoms with E-state index >= 15 is 0 Å². The van der Waals surface area contributed by atoms with Gasteiger partial charge in [0, 0.05) is 12.1 Å². The van der Waals surface area contributed by atoms with Gasteiger partial charge < -0.3 is 30.6 Å². The number of hydrogen-bond donors (Lipinski definition) is 2. The molecule has 8 nitrogen and oxygen atoms in total. The molecule has 2 aromatic rings. The Kier molecular flexibility index (Phi) is 13.7. The van der Waals surface area contributed by atoms with Gasteiger partial charge in [0.15, 0.2) is 0 Å². The number of hydrogen-bond acceptors (Lipinski definition) is 5. The average Bonchev–Trinajstić information content (AvgIpc) is 2.86. The first kappa shape index (κ1) is 32.3. The molecule has 2 aromatic carbocycles. The maximum absolute atomic E-state index is 12.7. The maximum Gasteiger partial charge on any atom is 0.430 e. The number of aliphatic carboxylic acids is 1. The summed E-state index contributed by atoms with van der Waals surface area (Å²) in [4.78, 5) is 34.1. The molecule has 2 rings (SSSR count). The molecule has 2 N–H and O–H groups in total. The zero-order valence-corrected chi connectivity index (χ0v) is 21.9. The van der Waals surface area contributed by atoms with Gasteiger partial charge in [-0.25, -0.2) is 0 Å². The monoisotopic (exact) mass is 537 g/mol. The predicted molar refractivity (Wildman–Crippen MR) is 136 cm³/mol. The van der Waals surface area contributed by atoms with E-state index in [9.17, 15) is 22.8 Å². The van der Waals surface area contributed by atoms with Crippen LogP contribution in [0.4, 0.5) is 18.9 Å². The van der Waals surface area contributed by atoms with E-state index in [0.29, 0.717) is 25.1 Å².